The molecule has 2 aromatic rings. The van der Waals surface area contributed by atoms with E-state index in [1.54, 1.807) is 6.92 Å². The number of nitrogen functional groups attached to an aromatic ring is 1. The second-order valence-corrected chi connectivity index (χ2v) is 4.65. The summed E-state index contributed by atoms with van der Waals surface area (Å²) in [5.41, 5.74) is 3.74. The van der Waals surface area contributed by atoms with Gasteiger partial charge in [-0.3, -0.25) is 10.1 Å². The maximum atomic E-state index is 14.0. The number of anilines is 2. The Labute approximate surface area is 123 Å². The van der Waals surface area contributed by atoms with Crippen molar-refractivity contribution in [1.29, 1.82) is 0 Å². The van der Waals surface area contributed by atoms with Crippen LogP contribution in [0.25, 0.3) is 0 Å². The highest BCUT2D eigenvalue weighted by Gasteiger charge is 2.24. The second kappa shape index (κ2) is 5.92. The Morgan fingerprint density at radius 1 is 1.23 bits per heavy atom. The molecule has 0 aliphatic rings. The monoisotopic (exact) mass is 311 g/mol. The van der Waals surface area contributed by atoms with Crippen molar-refractivity contribution in [3.8, 4) is 0 Å². The lowest BCUT2D eigenvalue weighted by atomic mass is 10.1. The number of nitro benzene ring substituents is 1. The van der Waals surface area contributed by atoms with Gasteiger partial charge in [-0.15, -0.1) is 0 Å². The molecule has 1 unspecified atom stereocenters. The minimum absolute atomic E-state index is 0.437. The van der Waals surface area contributed by atoms with Gasteiger partial charge in [-0.1, -0.05) is 12.1 Å². The Hall–Kier alpha value is -2.77. The third-order valence-electron chi connectivity index (χ3n) is 3.16. The fourth-order valence-electron chi connectivity index (χ4n) is 1.96. The van der Waals surface area contributed by atoms with Crippen molar-refractivity contribution in [2.24, 2.45) is 0 Å². The molecule has 1 atom stereocenters. The first-order chi connectivity index (χ1) is 10.3. The van der Waals surface area contributed by atoms with E-state index in [4.69, 9.17) is 5.73 Å². The van der Waals surface area contributed by atoms with Gasteiger partial charge >= 0.3 is 0 Å². The third-order valence-corrected chi connectivity index (χ3v) is 3.16. The van der Waals surface area contributed by atoms with Crippen molar-refractivity contribution in [3.05, 3.63) is 63.5 Å². The van der Waals surface area contributed by atoms with E-state index in [1.807, 2.05) is 0 Å². The van der Waals surface area contributed by atoms with E-state index in [-0.39, 0.29) is 0 Å². The minimum Gasteiger partial charge on any atom is -0.391 e. The predicted molar refractivity (Wildman–Crippen MR) is 75.9 cm³/mol. The quantitative estimate of drug-likeness (QED) is 0.511. The van der Waals surface area contributed by atoms with Gasteiger partial charge < -0.3 is 11.1 Å². The maximum absolute atomic E-state index is 14.0. The van der Waals surface area contributed by atoms with Gasteiger partial charge in [0.1, 0.15) is 17.2 Å². The Morgan fingerprint density at radius 3 is 2.36 bits per heavy atom. The lowest BCUT2D eigenvalue weighted by Gasteiger charge is -2.17. The molecule has 3 N–H and O–H groups in total. The summed E-state index contributed by atoms with van der Waals surface area (Å²) in [6, 6.07) is 5.33. The molecule has 8 heteroatoms. The predicted octanol–water partition coefficient (Wildman–Crippen LogP) is 3.77. The summed E-state index contributed by atoms with van der Waals surface area (Å²) in [7, 11) is 0. The lowest BCUT2D eigenvalue weighted by molar-refractivity contribution is -0.384. The Balaban J connectivity index is 2.35. The molecule has 0 aromatic heterocycles. The molecule has 0 bridgehead atoms. The highest BCUT2D eigenvalue weighted by Crippen LogP contribution is 2.34. The summed E-state index contributed by atoms with van der Waals surface area (Å²) >= 11 is 0. The number of benzene rings is 2. The fourth-order valence-corrected chi connectivity index (χ4v) is 1.96. The van der Waals surface area contributed by atoms with Crippen LogP contribution in [0.4, 0.5) is 30.2 Å². The number of halogens is 3. The van der Waals surface area contributed by atoms with E-state index in [0.29, 0.717) is 11.6 Å². The highest BCUT2D eigenvalue weighted by molar-refractivity contribution is 5.68. The molecule has 0 saturated carbocycles. The van der Waals surface area contributed by atoms with Crippen LogP contribution in [-0.2, 0) is 0 Å². The van der Waals surface area contributed by atoms with E-state index in [2.05, 4.69) is 5.32 Å². The number of nitrogens with one attached hydrogen (secondary N) is 1. The van der Waals surface area contributed by atoms with E-state index < -0.39 is 45.5 Å². The third kappa shape index (κ3) is 2.95. The zero-order valence-corrected chi connectivity index (χ0v) is 11.4. The normalized spacial score (nSPS) is 12.0. The van der Waals surface area contributed by atoms with Gasteiger partial charge in [0.15, 0.2) is 11.6 Å². The van der Waals surface area contributed by atoms with Gasteiger partial charge in [0, 0.05) is 6.04 Å². The summed E-state index contributed by atoms with van der Waals surface area (Å²) in [5, 5.41) is 13.2. The molecule has 0 radical (unpaired) electrons. The molecule has 2 rings (SSSR count). The van der Waals surface area contributed by atoms with Crippen molar-refractivity contribution >= 4 is 17.1 Å². The first-order valence-electron chi connectivity index (χ1n) is 6.25. The van der Waals surface area contributed by atoms with Crippen LogP contribution in [0.15, 0.2) is 30.3 Å². The van der Waals surface area contributed by atoms with Crippen LogP contribution in [0.5, 0.6) is 0 Å². The van der Waals surface area contributed by atoms with E-state index in [0.717, 1.165) is 0 Å². The Bertz CT molecular complexity index is 720. The van der Waals surface area contributed by atoms with Crippen LogP contribution in [0.1, 0.15) is 18.5 Å². The summed E-state index contributed by atoms with van der Waals surface area (Å²) in [6.07, 6.45) is 0. The van der Waals surface area contributed by atoms with Gasteiger partial charge in [0.2, 0.25) is 0 Å². The van der Waals surface area contributed by atoms with Gasteiger partial charge in [-0.25, -0.2) is 13.2 Å². The van der Waals surface area contributed by atoms with Gasteiger partial charge in [0.05, 0.1) is 11.0 Å². The molecule has 2 aromatic carbocycles. The number of nitro groups is 1. The number of rotatable bonds is 4. The van der Waals surface area contributed by atoms with Gasteiger partial charge in [-0.2, -0.15) is 0 Å². The molecule has 116 valence electrons. The molecule has 5 nitrogen and oxygen atoms in total. The summed E-state index contributed by atoms with van der Waals surface area (Å²) in [5.74, 6) is -2.80. The van der Waals surface area contributed by atoms with Crippen molar-refractivity contribution in [1.82, 2.24) is 0 Å². The van der Waals surface area contributed by atoms with Crippen LogP contribution >= 0.6 is 0 Å². The average Bonchev–Trinajstić information content (AvgIpc) is 2.47. The van der Waals surface area contributed by atoms with Crippen molar-refractivity contribution in [2.45, 2.75) is 13.0 Å². The summed E-state index contributed by atoms with van der Waals surface area (Å²) in [4.78, 5) is 9.69. The number of nitrogens with zero attached hydrogens (tertiary/aromatic N) is 1. The van der Waals surface area contributed by atoms with E-state index in [9.17, 15) is 23.3 Å². The molecule has 22 heavy (non-hydrogen) atoms. The van der Waals surface area contributed by atoms with Gasteiger partial charge in [0.25, 0.3) is 5.69 Å². The number of hydrogen-bond acceptors (Lipinski definition) is 4. The number of hydrogen-bond donors (Lipinski definition) is 2. The van der Waals surface area contributed by atoms with Crippen LogP contribution in [0.3, 0.4) is 0 Å². The first kappa shape index (κ1) is 15.6. The summed E-state index contributed by atoms with van der Waals surface area (Å²) < 4.78 is 40.8. The molecule has 0 aliphatic heterocycles. The maximum Gasteiger partial charge on any atom is 0.298 e. The van der Waals surface area contributed by atoms with Crippen LogP contribution in [-0.4, -0.2) is 4.92 Å². The highest BCUT2D eigenvalue weighted by atomic mass is 19.1. The first-order valence-corrected chi connectivity index (χ1v) is 6.25. The zero-order chi connectivity index (χ0) is 16.4. The second-order valence-electron chi connectivity index (χ2n) is 4.65. The van der Waals surface area contributed by atoms with Gasteiger partial charge in [-0.05, 0) is 24.6 Å². The molecule has 0 spiro atoms. The molecule has 0 aliphatic carbocycles. The molecule has 0 heterocycles. The summed E-state index contributed by atoms with van der Waals surface area (Å²) in [6.45, 7) is 1.60. The van der Waals surface area contributed by atoms with Crippen LogP contribution in [0.2, 0.25) is 0 Å². The standard InChI is InChI=1S/C14H12F3N3O2/c1-7(8-2-4-9(15)5-3-8)19-14-10(16)6-11(20(21)22)13(18)12(14)17/h2-7,19H,18H2,1H3. The molecular formula is C14H12F3N3O2. The van der Waals surface area contributed by atoms with Crippen LogP contribution in [0, 0.1) is 27.6 Å². The van der Waals surface area contributed by atoms with E-state index >= 15 is 0 Å². The smallest absolute Gasteiger partial charge is 0.298 e. The average molecular weight is 311 g/mol. The zero-order valence-electron chi connectivity index (χ0n) is 11.4. The molecular weight excluding hydrogens is 299 g/mol. The van der Waals surface area contributed by atoms with Crippen molar-refractivity contribution < 1.29 is 18.1 Å². The van der Waals surface area contributed by atoms with E-state index in [1.165, 1.54) is 24.3 Å². The molecule has 0 fully saturated rings. The Morgan fingerprint density at radius 2 is 1.82 bits per heavy atom. The van der Waals surface area contributed by atoms with Crippen molar-refractivity contribution in [3.63, 3.8) is 0 Å². The minimum atomic E-state index is -1.24. The topological polar surface area (TPSA) is 81.2 Å². The molecule has 0 saturated heterocycles. The SMILES string of the molecule is CC(Nc1c(F)cc([N+](=O)[O-])c(N)c1F)c1ccc(F)cc1. The lowest BCUT2D eigenvalue weighted by Crippen LogP contribution is -2.12. The molecule has 0 amide bonds. The fraction of sp³-hybridized carbons (Fsp3) is 0.143. The number of nitrogens with two attached hydrogens (primary N) is 1. The largest absolute Gasteiger partial charge is 0.391 e. The van der Waals surface area contributed by atoms with Crippen LogP contribution < -0.4 is 11.1 Å². The van der Waals surface area contributed by atoms with Crippen molar-refractivity contribution in [2.75, 3.05) is 11.1 Å². The Kier molecular flexibility index (Phi) is 4.20.